The van der Waals surface area contributed by atoms with Gasteiger partial charge in [0.2, 0.25) is 0 Å². The molecule has 1 N–H and O–H groups in total. The van der Waals surface area contributed by atoms with Gasteiger partial charge in [-0.3, -0.25) is 4.84 Å². The molecule has 4 nitrogen and oxygen atoms in total. The third-order valence-electron chi connectivity index (χ3n) is 2.41. The number of hydrogen-bond donors (Lipinski definition) is 1. The highest BCUT2D eigenvalue weighted by molar-refractivity contribution is 5.42. The lowest BCUT2D eigenvalue weighted by Gasteiger charge is -2.08. The van der Waals surface area contributed by atoms with Crippen molar-refractivity contribution in [1.82, 2.24) is 14.9 Å². The molecule has 0 aromatic carbocycles. The highest BCUT2D eigenvalue weighted by Crippen LogP contribution is 2.14. The van der Waals surface area contributed by atoms with Crippen LogP contribution in [0.5, 0.6) is 0 Å². The van der Waals surface area contributed by atoms with Gasteiger partial charge in [-0.2, -0.15) is 18.7 Å². The second-order valence-corrected chi connectivity index (χ2v) is 3.80. The Hall–Kier alpha value is -1.60. The van der Waals surface area contributed by atoms with E-state index < -0.39 is 12.8 Å². The monoisotopic (exact) mass is 259 g/mol. The summed E-state index contributed by atoms with van der Waals surface area (Å²) >= 11 is 0. The number of imidazole rings is 1. The number of pyridine rings is 1. The van der Waals surface area contributed by atoms with Gasteiger partial charge in [0.05, 0.1) is 17.9 Å². The van der Waals surface area contributed by atoms with Crippen LogP contribution in [0.15, 0.2) is 24.4 Å². The fourth-order valence-electron chi connectivity index (χ4n) is 1.63. The van der Waals surface area contributed by atoms with Crippen molar-refractivity contribution in [2.75, 3.05) is 6.61 Å². The molecule has 2 heterocycles. The number of nitrogens with one attached hydrogen (secondary N) is 1. The van der Waals surface area contributed by atoms with Crippen LogP contribution in [-0.2, 0) is 11.4 Å². The van der Waals surface area contributed by atoms with Crippen LogP contribution in [0.4, 0.5) is 13.2 Å². The normalized spacial score (nSPS) is 12.2. The van der Waals surface area contributed by atoms with Gasteiger partial charge < -0.3 is 4.40 Å². The van der Waals surface area contributed by atoms with Crippen LogP contribution in [0.1, 0.15) is 11.4 Å². The summed E-state index contributed by atoms with van der Waals surface area (Å²) in [7, 11) is 0. The third-order valence-corrected chi connectivity index (χ3v) is 2.41. The standard InChI is InChI=1S/C11H12F3N3O/c1-8-9(6-15-18-7-11(12,13)14)17-5-3-2-4-10(17)16-8/h2-5,15H,6-7H2,1H3. The predicted octanol–water partition coefficient (Wildman–Crippen LogP) is 2.23. The molecule has 0 saturated carbocycles. The molecule has 0 aliphatic rings. The fourth-order valence-corrected chi connectivity index (χ4v) is 1.63. The molecule has 0 saturated heterocycles. The number of halogens is 3. The van der Waals surface area contributed by atoms with Gasteiger partial charge >= 0.3 is 6.18 Å². The van der Waals surface area contributed by atoms with Gasteiger partial charge in [-0.05, 0) is 19.1 Å². The molecule has 0 unspecified atom stereocenters. The van der Waals surface area contributed by atoms with E-state index in [1.54, 1.807) is 17.5 Å². The number of rotatable bonds is 4. The van der Waals surface area contributed by atoms with Gasteiger partial charge in [0.15, 0.2) is 6.61 Å². The summed E-state index contributed by atoms with van der Waals surface area (Å²) in [5.74, 6) is 0. The summed E-state index contributed by atoms with van der Waals surface area (Å²) in [6.07, 6.45) is -2.53. The van der Waals surface area contributed by atoms with Crippen LogP contribution in [0, 0.1) is 6.92 Å². The minimum Gasteiger partial charge on any atom is -0.302 e. The van der Waals surface area contributed by atoms with Crippen LogP contribution < -0.4 is 5.48 Å². The van der Waals surface area contributed by atoms with E-state index in [4.69, 9.17) is 0 Å². The Morgan fingerprint density at radius 2 is 2.17 bits per heavy atom. The van der Waals surface area contributed by atoms with Crippen molar-refractivity contribution in [1.29, 1.82) is 0 Å². The van der Waals surface area contributed by atoms with Gasteiger partial charge in [0.1, 0.15) is 5.65 Å². The number of hydroxylamine groups is 1. The minimum atomic E-state index is -4.33. The summed E-state index contributed by atoms with van der Waals surface area (Å²) in [6, 6.07) is 5.50. The second kappa shape index (κ2) is 4.95. The molecule has 0 aliphatic carbocycles. The van der Waals surface area contributed by atoms with Crippen LogP contribution in [-0.4, -0.2) is 22.2 Å². The Balaban J connectivity index is 2.01. The average Bonchev–Trinajstić information content (AvgIpc) is 2.59. The Morgan fingerprint density at radius 1 is 1.39 bits per heavy atom. The molecule has 2 aromatic heterocycles. The molecule has 0 radical (unpaired) electrons. The number of fused-ring (bicyclic) bond motifs is 1. The number of hydrogen-bond acceptors (Lipinski definition) is 3. The molecule has 0 aliphatic heterocycles. The third kappa shape index (κ3) is 2.99. The number of aryl methyl sites for hydroxylation is 1. The van der Waals surface area contributed by atoms with Crippen LogP contribution in [0.2, 0.25) is 0 Å². The molecule has 18 heavy (non-hydrogen) atoms. The van der Waals surface area contributed by atoms with E-state index in [9.17, 15) is 13.2 Å². The number of alkyl halides is 3. The molecule has 7 heteroatoms. The zero-order valence-electron chi connectivity index (χ0n) is 9.66. The van der Waals surface area contributed by atoms with E-state index in [0.29, 0.717) is 0 Å². The van der Waals surface area contributed by atoms with Crippen molar-refractivity contribution in [2.45, 2.75) is 19.6 Å². The first kappa shape index (κ1) is 12.8. The summed E-state index contributed by atoms with van der Waals surface area (Å²) in [4.78, 5) is 8.64. The Kier molecular flexibility index (Phi) is 3.53. The lowest BCUT2D eigenvalue weighted by Crippen LogP contribution is -2.25. The maximum atomic E-state index is 11.9. The van der Waals surface area contributed by atoms with Crippen molar-refractivity contribution < 1.29 is 18.0 Å². The SMILES string of the molecule is Cc1nc2ccccn2c1CNOCC(F)(F)F. The summed E-state index contributed by atoms with van der Waals surface area (Å²) in [5, 5.41) is 0. The quantitative estimate of drug-likeness (QED) is 0.676. The average molecular weight is 259 g/mol. The van der Waals surface area contributed by atoms with Crippen molar-refractivity contribution in [3.8, 4) is 0 Å². The summed E-state index contributed by atoms with van der Waals surface area (Å²) in [6.45, 7) is 0.643. The van der Waals surface area contributed by atoms with E-state index in [-0.39, 0.29) is 6.54 Å². The molecule has 0 spiro atoms. The lowest BCUT2D eigenvalue weighted by atomic mass is 10.3. The van der Waals surface area contributed by atoms with Crippen LogP contribution in [0.3, 0.4) is 0 Å². The summed E-state index contributed by atoms with van der Waals surface area (Å²) in [5.41, 5.74) is 4.57. The topological polar surface area (TPSA) is 38.6 Å². The van der Waals surface area contributed by atoms with E-state index in [1.807, 2.05) is 18.2 Å². The van der Waals surface area contributed by atoms with Gasteiger partial charge in [0.25, 0.3) is 0 Å². The minimum absolute atomic E-state index is 0.160. The first-order chi connectivity index (χ1) is 8.47. The smallest absolute Gasteiger partial charge is 0.302 e. The largest absolute Gasteiger partial charge is 0.413 e. The van der Waals surface area contributed by atoms with Crippen LogP contribution in [0.25, 0.3) is 5.65 Å². The molecular weight excluding hydrogens is 247 g/mol. The van der Waals surface area contributed by atoms with Crippen molar-refractivity contribution in [2.24, 2.45) is 0 Å². The molecule has 0 amide bonds. The van der Waals surface area contributed by atoms with Crippen molar-refractivity contribution in [3.05, 3.63) is 35.8 Å². The Morgan fingerprint density at radius 3 is 2.89 bits per heavy atom. The van der Waals surface area contributed by atoms with Crippen molar-refractivity contribution in [3.63, 3.8) is 0 Å². The number of aromatic nitrogens is 2. The first-order valence-corrected chi connectivity index (χ1v) is 5.31. The maximum absolute atomic E-state index is 11.9. The Labute approximate surface area is 101 Å². The molecule has 0 bridgehead atoms. The van der Waals surface area contributed by atoms with Gasteiger partial charge in [0, 0.05) is 6.20 Å². The molecule has 0 fully saturated rings. The fraction of sp³-hybridized carbons (Fsp3) is 0.364. The highest BCUT2D eigenvalue weighted by Gasteiger charge is 2.27. The molecule has 2 rings (SSSR count). The predicted molar refractivity (Wildman–Crippen MR) is 58.8 cm³/mol. The van der Waals surface area contributed by atoms with E-state index in [0.717, 1.165) is 17.0 Å². The van der Waals surface area contributed by atoms with Crippen LogP contribution >= 0.6 is 0 Å². The van der Waals surface area contributed by atoms with Gasteiger partial charge in [-0.15, -0.1) is 0 Å². The molecular formula is C11H12F3N3O. The second-order valence-electron chi connectivity index (χ2n) is 3.80. The highest BCUT2D eigenvalue weighted by atomic mass is 19.4. The van der Waals surface area contributed by atoms with Gasteiger partial charge in [-0.25, -0.2) is 4.98 Å². The van der Waals surface area contributed by atoms with E-state index in [2.05, 4.69) is 15.3 Å². The van der Waals surface area contributed by atoms with Crippen molar-refractivity contribution >= 4 is 5.65 Å². The first-order valence-electron chi connectivity index (χ1n) is 5.31. The Bertz CT molecular complexity index is 536. The van der Waals surface area contributed by atoms with E-state index in [1.165, 1.54) is 0 Å². The zero-order valence-corrected chi connectivity index (χ0v) is 9.66. The maximum Gasteiger partial charge on any atom is 0.413 e. The summed E-state index contributed by atoms with van der Waals surface area (Å²) < 4.78 is 37.4. The zero-order chi connectivity index (χ0) is 13.2. The number of nitrogens with zero attached hydrogens (tertiary/aromatic N) is 2. The molecule has 0 atom stereocenters. The molecule has 2 aromatic rings. The molecule has 98 valence electrons. The lowest BCUT2D eigenvalue weighted by molar-refractivity contribution is -0.190. The van der Waals surface area contributed by atoms with Gasteiger partial charge in [-0.1, -0.05) is 6.07 Å². The van der Waals surface area contributed by atoms with E-state index >= 15 is 0 Å².